The number of fused-ring (bicyclic) bond motifs is 1. The zero-order valence-corrected chi connectivity index (χ0v) is 18.3. The second-order valence-corrected chi connectivity index (χ2v) is 9.83. The van der Waals surface area contributed by atoms with E-state index in [1.807, 2.05) is 28.9 Å². The molecule has 0 atom stereocenters. The van der Waals surface area contributed by atoms with Crippen molar-refractivity contribution in [1.29, 1.82) is 0 Å². The Bertz CT molecular complexity index is 1100. The summed E-state index contributed by atoms with van der Waals surface area (Å²) in [5.41, 5.74) is 5.71. The minimum absolute atomic E-state index is 0.298. The number of benzene rings is 1. The summed E-state index contributed by atoms with van der Waals surface area (Å²) >= 11 is 0. The number of hydrogen-bond acceptors (Lipinski definition) is 4. The van der Waals surface area contributed by atoms with Crippen molar-refractivity contribution in [2.24, 2.45) is 0 Å². The summed E-state index contributed by atoms with van der Waals surface area (Å²) in [5.74, 6) is 0.371. The molecule has 0 amide bonds. The second kappa shape index (κ2) is 8.70. The van der Waals surface area contributed by atoms with Gasteiger partial charge in [0, 0.05) is 35.8 Å². The number of pyridine rings is 1. The molecule has 0 aliphatic heterocycles. The van der Waals surface area contributed by atoms with Gasteiger partial charge in [-0.15, -0.1) is 0 Å². The van der Waals surface area contributed by atoms with E-state index in [4.69, 9.17) is 5.10 Å². The maximum atomic E-state index is 12.7. The molecule has 2 aromatic heterocycles. The number of nitrogens with one attached hydrogen (secondary N) is 1. The molecular formula is C23H28N4O2S. The summed E-state index contributed by atoms with van der Waals surface area (Å²) < 4.78 is 30.1. The van der Waals surface area contributed by atoms with E-state index in [-0.39, 0.29) is 0 Å². The van der Waals surface area contributed by atoms with E-state index in [0.717, 1.165) is 42.5 Å². The van der Waals surface area contributed by atoms with Crippen molar-refractivity contribution in [2.75, 3.05) is 6.54 Å². The van der Waals surface area contributed by atoms with Crippen LogP contribution >= 0.6 is 0 Å². The highest BCUT2D eigenvalue weighted by molar-refractivity contribution is 7.89. The third-order valence-corrected chi connectivity index (χ3v) is 7.16. The first kappa shape index (κ1) is 20.8. The van der Waals surface area contributed by atoms with Gasteiger partial charge in [-0.1, -0.05) is 26.0 Å². The molecule has 0 unspecified atom stereocenters. The van der Waals surface area contributed by atoms with Gasteiger partial charge < -0.3 is 0 Å². The van der Waals surface area contributed by atoms with Crippen LogP contribution in [0.3, 0.4) is 0 Å². The van der Waals surface area contributed by atoms with Gasteiger partial charge in [0.15, 0.2) is 0 Å². The SMILES string of the molecule is CC(C)c1ccc(S(=O)(=O)NCCn2nc(-c3ccncc3)c3c2CCCC3)cc1. The highest BCUT2D eigenvalue weighted by atomic mass is 32.2. The van der Waals surface area contributed by atoms with Gasteiger partial charge in [-0.3, -0.25) is 9.67 Å². The van der Waals surface area contributed by atoms with Crippen molar-refractivity contribution in [3.8, 4) is 11.3 Å². The average molecular weight is 425 g/mol. The molecular weight excluding hydrogens is 396 g/mol. The fourth-order valence-corrected chi connectivity index (χ4v) is 5.02. The van der Waals surface area contributed by atoms with Crippen molar-refractivity contribution in [1.82, 2.24) is 19.5 Å². The van der Waals surface area contributed by atoms with Crippen molar-refractivity contribution in [3.05, 3.63) is 65.6 Å². The topological polar surface area (TPSA) is 76.9 Å². The lowest BCUT2D eigenvalue weighted by atomic mass is 9.94. The summed E-state index contributed by atoms with van der Waals surface area (Å²) in [5, 5.41) is 4.84. The maximum absolute atomic E-state index is 12.7. The smallest absolute Gasteiger partial charge is 0.240 e. The Morgan fingerprint density at radius 1 is 1.03 bits per heavy atom. The van der Waals surface area contributed by atoms with Crippen LogP contribution < -0.4 is 4.72 Å². The molecule has 158 valence electrons. The first-order valence-electron chi connectivity index (χ1n) is 10.5. The third-order valence-electron chi connectivity index (χ3n) is 5.68. The summed E-state index contributed by atoms with van der Waals surface area (Å²) in [6.07, 6.45) is 7.86. The Kier molecular flexibility index (Phi) is 6.01. The first-order chi connectivity index (χ1) is 14.5. The Hall–Kier alpha value is -2.51. The van der Waals surface area contributed by atoms with Crippen LogP contribution in [0.25, 0.3) is 11.3 Å². The molecule has 0 bridgehead atoms. The summed E-state index contributed by atoms with van der Waals surface area (Å²) in [7, 11) is -3.54. The summed E-state index contributed by atoms with van der Waals surface area (Å²) in [6.45, 7) is 4.99. The third kappa shape index (κ3) is 4.32. The molecule has 0 fully saturated rings. The van der Waals surface area contributed by atoms with Gasteiger partial charge in [-0.2, -0.15) is 5.10 Å². The van der Waals surface area contributed by atoms with Gasteiger partial charge in [0.05, 0.1) is 17.1 Å². The van der Waals surface area contributed by atoms with E-state index in [0.29, 0.717) is 23.9 Å². The number of aromatic nitrogens is 3. The van der Waals surface area contributed by atoms with Gasteiger partial charge >= 0.3 is 0 Å². The molecule has 6 nitrogen and oxygen atoms in total. The van der Waals surface area contributed by atoms with E-state index in [2.05, 4.69) is 23.6 Å². The molecule has 3 aromatic rings. The summed E-state index contributed by atoms with van der Waals surface area (Å²) in [4.78, 5) is 4.40. The minimum atomic E-state index is -3.54. The first-order valence-corrected chi connectivity index (χ1v) is 12.0. The van der Waals surface area contributed by atoms with Crippen LogP contribution in [-0.4, -0.2) is 29.7 Å². The predicted molar refractivity (Wildman–Crippen MR) is 118 cm³/mol. The van der Waals surface area contributed by atoms with Crippen LogP contribution in [0, 0.1) is 0 Å². The lowest BCUT2D eigenvalue weighted by Crippen LogP contribution is -2.28. The molecule has 4 rings (SSSR count). The lowest BCUT2D eigenvalue weighted by molar-refractivity contribution is 0.538. The van der Waals surface area contributed by atoms with Gasteiger partial charge in [0.2, 0.25) is 10.0 Å². The van der Waals surface area contributed by atoms with E-state index in [9.17, 15) is 8.42 Å². The monoisotopic (exact) mass is 424 g/mol. The molecule has 30 heavy (non-hydrogen) atoms. The highest BCUT2D eigenvalue weighted by Gasteiger charge is 2.22. The van der Waals surface area contributed by atoms with E-state index >= 15 is 0 Å². The fraction of sp³-hybridized carbons (Fsp3) is 0.391. The van der Waals surface area contributed by atoms with Crippen LogP contribution in [0.2, 0.25) is 0 Å². The Labute approximate surface area is 178 Å². The van der Waals surface area contributed by atoms with E-state index in [1.165, 1.54) is 11.3 Å². The molecule has 0 spiro atoms. The predicted octanol–water partition coefficient (Wildman–Crippen LogP) is 3.93. The molecule has 1 aliphatic rings. The second-order valence-electron chi connectivity index (χ2n) is 8.06. The number of rotatable bonds is 7. The lowest BCUT2D eigenvalue weighted by Gasteiger charge is -2.15. The van der Waals surface area contributed by atoms with Crippen LogP contribution in [0.5, 0.6) is 0 Å². The molecule has 1 N–H and O–H groups in total. The van der Waals surface area contributed by atoms with Gasteiger partial charge in [0.1, 0.15) is 0 Å². The standard InChI is InChI=1S/C23H28N4O2S/c1-17(2)18-7-9-20(10-8-18)30(28,29)25-15-16-27-22-6-4-3-5-21(22)23(26-27)19-11-13-24-14-12-19/h7-14,17,25H,3-6,15-16H2,1-2H3. The average Bonchev–Trinajstić information content (AvgIpc) is 3.13. The molecule has 1 aliphatic carbocycles. The largest absolute Gasteiger partial charge is 0.267 e. The van der Waals surface area contributed by atoms with Crippen molar-refractivity contribution < 1.29 is 8.42 Å². The highest BCUT2D eigenvalue weighted by Crippen LogP contribution is 2.30. The zero-order valence-electron chi connectivity index (χ0n) is 17.5. The van der Waals surface area contributed by atoms with Crippen LogP contribution in [0.15, 0.2) is 53.7 Å². The number of hydrogen-bond donors (Lipinski definition) is 1. The molecule has 0 saturated heterocycles. The van der Waals surface area contributed by atoms with Crippen LogP contribution in [-0.2, 0) is 29.4 Å². The Morgan fingerprint density at radius 3 is 2.43 bits per heavy atom. The quantitative estimate of drug-likeness (QED) is 0.624. The molecule has 7 heteroatoms. The van der Waals surface area contributed by atoms with Gasteiger partial charge in [0.25, 0.3) is 0 Å². The van der Waals surface area contributed by atoms with Crippen molar-refractivity contribution in [3.63, 3.8) is 0 Å². The zero-order chi connectivity index (χ0) is 21.1. The maximum Gasteiger partial charge on any atom is 0.240 e. The Balaban J connectivity index is 1.49. The molecule has 1 aromatic carbocycles. The van der Waals surface area contributed by atoms with Crippen LogP contribution in [0.1, 0.15) is 49.4 Å². The normalized spacial score (nSPS) is 14.1. The van der Waals surface area contributed by atoms with E-state index < -0.39 is 10.0 Å². The molecule has 2 heterocycles. The van der Waals surface area contributed by atoms with Gasteiger partial charge in [-0.05, 0) is 61.4 Å². The van der Waals surface area contributed by atoms with Gasteiger partial charge in [-0.25, -0.2) is 13.1 Å². The molecule has 0 saturated carbocycles. The number of nitrogens with zero attached hydrogens (tertiary/aromatic N) is 3. The van der Waals surface area contributed by atoms with E-state index in [1.54, 1.807) is 24.5 Å². The van der Waals surface area contributed by atoms with Crippen molar-refractivity contribution >= 4 is 10.0 Å². The summed E-state index contributed by atoms with van der Waals surface area (Å²) in [6, 6.07) is 11.1. The fourth-order valence-electron chi connectivity index (χ4n) is 4.00. The molecule has 0 radical (unpaired) electrons. The minimum Gasteiger partial charge on any atom is -0.267 e. The Morgan fingerprint density at radius 2 is 1.73 bits per heavy atom. The van der Waals surface area contributed by atoms with Crippen LogP contribution in [0.4, 0.5) is 0 Å². The number of sulfonamides is 1. The van der Waals surface area contributed by atoms with Crippen molar-refractivity contribution in [2.45, 2.75) is 56.9 Å².